The molecule has 9 nitrogen and oxygen atoms in total. The highest BCUT2D eigenvalue weighted by molar-refractivity contribution is 6.05. The summed E-state index contributed by atoms with van der Waals surface area (Å²) in [6.45, 7) is 2.00. The summed E-state index contributed by atoms with van der Waals surface area (Å²) in [6.07, 6.45) is 2.23. The topological polar surface area (TPSA) is 97.4 Å². The Morgan fingerprint density at radius 2 is 1.74 bits per heavy atom. The van der Waals surface area contributed by atoms with Gasteiger partial charge in [-0.1, -0.05) is 0 Å². The first-order valence-corrected chi connectivity index (χ1v) is 10.6. The maximum Gasteiger partial charge on any atom is 0.255 e. The van der Waals surface area contributed by atoms with Crippen LogP contribution in [0.5, 0.6) is 5.75 Å². The molecule has 0 aliphatic carbocycles. The number of benzene rings is 1. The Labute approximate surface area is 181 Å². The summed E-state index contributed by atoms with van der Waals surface area (Å²) in [4.78, 5) is 40.6. The fourth-order valence-electron chi connectivity index (χ4n) is 4.89. The lowest BCUT2D eigenvalue weighted by Crippen LogP contribution is -2.52. The van der Waals surface area contributed by atoms with E-state index in [-0.39, 0.29) is 24.5 Å². The highest BCUT2D eigenvalue weighted by Gasteiger charge is 2.40. The number of hydrogen-bond acceptors (Lipinski definition) is 7. The second-order valence-corrected chi connectivity index (χ2v) is 8.25. The monoisotopic (exact) mass is 431 g/mol. The molecule has 0 aromatic heterocycles. The molecule has 0 radical (unpaired) electrons. The van der Waals surface area contributed by atoms with Crippen molar-refractivity contribution in [1.82, 2.24) is 10.2 Å². The molecule has 1 unspecified atom stereocenters. The van der Waals surface area contributed by atoms with Crippen molar-refractivity contribution < 1.29 is 28.6 Å². The van der Waals surface area contributed by atoms with Crippen molar-refractivity contribution in [3.05, 3.63) is 23.3 Å². The number of imide groups is 1. The van der Waals surface area contributed by atoms with Gasteiger partial charge < -0.3 is 24.0 Å². The fourth-order valence-corrected chi connectivity index (χ4v) is 4.89. The fraction of sp³-hybridized carbons (Fsp3) is 0.591. The van der Waals surface area contributed by atoms with Gasteiger partial charge >= 0.3 is 0 Å². The highest BCUT2D eigenvalue weighted by atomic mass is 16.7. The summed E-state index contributed by atoms with van der Waals surface area (Å²) in [5.41, 5.74) is 2.38. The van der Waals surface area contributed by atoms with Gasteiger partial charge in [0.25, 0.3) is 5.91 Å². The molecule has 1 atom stereocenters. The molecule has 9 heteroatoms. The van der Waals surface area contributed by atoms with Crippen molar-refractivity contribution >= 4 is 23.4 Å². The number of nitrogens with zero attached hydrogens (tertiary/aromatic N) is 2. The Kier molecular flexibility index (Phi) is 6.15. The molecule has 0 spiro atoms. The largest absolute Gasteiger partial charge is 0.495 e. The first-order valence-electron chi connectivity index (χ1n) is 10.6. The van der Waals surface area contributed by atoms with E-state index in [0.717, 1.165) is 37.2 Å². The minimum absolute atomic E-state index is 0.198. The summed E-state index contributed by atoms with van der Waals surface area (Å²) in [5.74, 6) is 0.0810. The zero-order valence-corrected chi connectivity index (χ0v) is 18.2. The average molecular weight is 431 g/mol. The van der Waals surface area contributed by atoms with Crippen LogP contribution in [0.4, 0.5) is 5.69 Å². The molecule has 3 aliphatic heterocycles. The molecule has 1 aromatic rings. The van der Waals surface area contributed by atoms with Gasteiger partial charge in [-0.2, -0.15) is 0 Å². The molecule has 2 saturated heterocycles. The van der Waals surface area contributed by atoms with E-state index in [1.54, 1.807) is 32.3 Å². The van der Waals surface area contributed by atoms with Crippen molar-refractivity contribution in [3.63, 3.8) is 0 Å². The standard InChI is InChI=1S/C22H29N3O6/c1-29-18-11-15-14(12-25(21(15)28)16-4-5-19(26)23-20(16)27)10-17(18)24-8-6-13(7-9-24)22(30-2)31-3/h10-11,13,16,22H,4-9,12H2,1-3H3,(H,23,26,27). The second-order valence-electron chi connectivity index (χ2n) is 8.25. The van der Waals surface area contributed by atoms with Gasteiger partial charge in [-0.25, -0.2) is 0 Å². The van der Waals surface area contributed by atoms with E-state index in [2.05, 4.69) is 10.2 Å². The SMILES string of the molecule is COc1cc2c(cc1N1CCC(C(OC)OC)CC1)CN(C1CCC(=O)NC1=O)C2=O. The van der Waals surface area contributed by atoms with Crippen LogP contribution in [0, 0.1) is 5.92 Å². The zero-order chi connectivity index (χ0) is 22.1. The van der Waals surface area contributed by atoms with Gasteiger partial charge in [0.1, 0.15) is 11.8 Å². The molecule has 3 aliphatic rings. The van der Waals surface area contributed by atoms with Crippen LogP contribution in [0.3, 0.4) is 0 Å². The van der Waals surface area contributed by atoms with Crippen LogP contribution in [0.15, 0.2) is 12.1 Å². The average Bonchev–Trinajstić information content (AvgIpc) is 3.09. The predicted molar refractivity (Wildman–Crippen MR) is 112 cm³/mol. The van der Waals surface area contributed by atoms with Crippen LogP contribution in [0.1, 0.15) is 41.6 Å². The maximum atomic E-state index is 13.0. The molecule has 3 heterocycles. The summed E-state index contributed by atoms with van der Waals surface area (Å²) >= 11 is 0. The highest BCUT2D eigenvalue weighted by Crippen LogP contribution is 2.39. The van der Waals surface area contributed by atoms with Crippen LogP contribution in [0.25, 0.3) is 0 Å². The molecule has 0 saturated carbocycles. The summed E-state index contributed by atoms with van der Waals surface area (Å²) < 4.78 is 16.5. The Morgan fingerprint density at radius 3 is 2.35 bits per heavy atom. The minimum atomic E-state index is -0.622. The maximum absolute atomic E-state index is 13.0. The Bertz CT molecular complexity index is 876. The molecule has 2 fully saturated rings. The summed E-state index contributed by atoms with van der Waals surface area (Å²) in [5, 5.41) is 2.34. The predicted octanol–water partition coefficient (Wildman–Crippen LogP) is 1.29. The molecular formula is C22H29N3O6. The molecule has 0 bridgehead atoms. The number of hydrogen-bond donors (Lipinski definition) is 1. The van der Waals surface area contributed by atoms with Crippen LogP contribution in [-0.2, 0) is 25.6 Å². The number of piperidine rings is 2. The van der Waals surface area contributed by atoms with Gasteiger partial charge in [0.05, 0.1) is 12.8 Å². The van der Waals surface area contributed by atoms with E-state index < -0.39 is 11.9 Å². The lowest BCUT2D eigenvalue weighted by molar-refractivity contribution is -0.141. The summed E-state index contributed by atoms with van der Waals surface area (Å²) in [7, 11) is 4.92. The number of amides is 3. The molecule has 1 N–H and O–H groups in total. The van der Waals surface area contributed by atoms with Crippen molar-refractivity contribution in [3.8, 4) is 5.75 Å². The van der Waals surface area contributed by atoms with E-state index >= 15 is 0 Å². The number of methoxy groups -OCH3 is 3. The second kappa shape index (κ2) is 8.84. The Morgan fingerprint density at radius 1 is 1.03 bits per heavy atom. The van der Waals surface area contributed by atoms with E-state index in [0.29, 0.717) is 30.2 Å². The van der Waals surface area contributed by atoms with Gasteiger partial charge in [0.15, 0.2) is 6.29 Å². The Balaban J connectivity index is 1.53. The lowest BCUT2D eigenvalue weighted by Gasteiger charge is -2.36. The molecule has 3 amide bonds. The van der Waals surface area contributed by atoms with Crippen LogP contribution < -0.4 is 15.0 Å². The third-order valence-electron chi connectivity index (χ3n) is 6.55. The third kappa shape index (κ3) is 3.99. The van der Waals surface area contributed by atoms with Gasteiger partial charge in [0, 0.05) is 51.8 Å². The van der Waals surface area contributed by atoms with E-state index in [4.69, 9.17) is 14.2 Å². The minimum Gasteiger partial charge on any atom is -0.495 e. The molecule has 1 aromatic carbocycles. The number of rotatable bonds is 6. The van der Waals surface area contributed by atoms with Crippen molar-refractivity contribution in [2.75, 3.05) is 39.3 Å². The molecular weight excluding hydrogens is 402 g/mol. The zero-order valence-electron chi connectivity index (χ0n) is 18.2. The van der Waals surface area contributed by atoms with Crippen molar-refractivity contribution in [2.24, 2.45) is 5.92 Å². The molecule has 168 valence electrons. The van der Waals surface area contributed by atoms with Crippen LogP contribution >= 0.6 is 0 Å². The quantitative estimate of drug-likeness (QED) is 0.535. The summed E-state index contributed by atoms with van der Waals surface area (Å²) in [6, 6.07) is 3.16. The number of fused-ring (bicyclic) bond motifs is 1. The lowest BCUT2D eigenvalue weighted by atomic mass is 9.95. The number of nitrogens with one attached hydrogen (secondary N) is 1. The first-order chi connectivity index (χ1) is 15.0. The van der Waals surface area contributed by atoms with E-state index in [9.17, 15) is 14.4 Å². The molecule has 4 rings (SSSR count). The van der Waals surface area contributed by atoms with Gasteiger partial charge in [-0.3, -0.25) is 19.7 Å². The Hall–Kier alpha value is -2.65. The normalized spacial score (nSPS) is 22.2. The number of carbonyl (C=O) groups is 3. The number of anilines is 1. The van der Waals surface area contributed by atoms with Gasteiger partial charge in [-0.05, 0) is 37.0 Å². The third-order valence-corrected chi connectivity index (χ3v) is 6.55. The van der Waals surface area contributed by atoms with E-state index in [1.807, 2.05) is 6.07 Å². The first kappa shape index (κ1) is 21.6. The number of ether oxygens (including phenoxy) is 3. The van der Waals surface area contributed by atoms with Gasteiger partial charge in [0.2, 0.25) is 11.8 Å². The van der Waals surface area contributed by atoms with Gasteiger partial charge in [-0.15, -0.1) is 0 Å². The van der Waals surface area contributed by atoms with Crippen molar-refractivity contribution in [1.29, 1.82) is 0 Å². The smallest absolute Gasteiger partial charge is 0.255 e. The van der Waals surface area contributed by atoms with E-state index in [1.165, 1.54) is 0 Å². The van der Waals surface area contributed by atoms with Crippen LogP contribution in [-0.4, -0.2) is 69.4 Å². The number of carbonyl (C=O) groups excluding carboxylic acids is 3. The van der Waals surface area contributed by atoms with Crippen LogP contribution in [0.2, 0.25) is 0 Å². The molecule has 31 heavy (non-hydrogen) atoms. The van der Waals surface area contributed by atoms with Crippen molar-refractivity contribution in [2.45, 2.75) is 44.6 Å².